The lowest BCUT2D eigenvalue weighted by molar-refractivity contribution is -0.136. The third kappa shape index (κ3) is 2.77. The van der Waals surface area contributed by atoms with Crippen LogP contribution in [0.25, 0.3) is 0 Å². The smallest absolute Gasteiger partial charge is 0.307 e. The van der Waals surface area contributed by atoms with Gasteiger partial charge in [0, 0.05) is 5.92 Å². The minimum atomic E-state index is -0.789. The van der Waals surface area contributed by atoms with Crippen molar-refractivity contribution in [1.82, 2.24) is 0 Å². The summed E-state index contributed by atoms with van der Waals surface area (Å²) in [6.07, 6.45) is 0.0767. The number of carboxylic acid groups (broad SMARTS) is 1. The normalized spacial score (nSPS) is 12.1. The Labute approximate surface area is 107 Å². The van der Waals surface area contributed by atoms with Gasteiger partial charge in [0.05, 0.1) is 6.42 Å². The van der Waals surface area contributed by atoms with Gasteiger partial charge < -0.3 is 5.11 Å². The topological polar surface area (TPSA) is 37.3 Å². The molecule has 18 heavy (non-hydrogen) atoms. The monoisotopic (exact) mass is 240 g/mol. The summed E-state index contributed by atoms with van der Waals surface area (Å²) in [4.78, 5) is 10.9. The zero-order chi connectivity index (χ0) is 13.0. The van der Waals surface area contributed by atoms with Crippen LogP contribution in [-0.2, 0) is 11.2 Å². The maximum absolute atomic E-state index is 10.9. The van der Waals surface area contributed by atoms with Gasteiger partial charge in [-0.05, 0) is 16.7 Å². The number of hydrogen-bond donors (Lipinski definition) is 1. The molecule has 2 nitrogen and oxygen atoms in total. The van der Waals surface area contributed by atoms with Crippen molar-refractivity contribution < 1.29 is 9.90 Å². The fourth-order valence-corrected chi connectivity index (χ4v) is 2.20. The van der Waals surface area contributed by atoms with E-state index >= 15 is 0 Å². The number of aliphatic carboxylic acids is 1. The molecule has 0 bridgehead atoms. The molecule has 2 aromatic carbocycles. The summed E-state index contributed by atoms with van der Waals surface area (Å²) in [5.41, 5.74) is 3.18. The van der Waals surface area contributed by atoms with Crippen molar-refractivity contribution in [3.63, 3.8) is 0 Å². The molecule has 1 atom stereocenters. The largest absolute Gasteiger partial charge is 0.481 e. The van der Waals surface area contributed by atoms with E-state index in [0.717, 1.165) is 11.1 Å². The molecule has 0 aliphatic heterocycles. The standard InChI is InChI=1S/C16H16O2/c1-12(13-7-3-2-4-8-13)15-10-6-5-9-14(15)11-16(17)18/h2-10,12H,11H2,1H3,(H,17,18)/t12-/m0/s1. The molecule has 2 aromatic rings. The second-order valence-corrected chi connectivity index (χ2v) is 4.40. The first-order valence-electron chi connectivity index (χ1n) is 6.03. The van der Waals surface area contributed by atoms with Gasteiger partial charge in [-0.1, -0.05) is 61.5 Å². The van der Waals surface area contributed by atoms with Crippen molar-refractivity contribution in [3.8, 4) is 0 Å². The van der Waals surface area contributed by atoms with Gasteiger partial charge >= 0.3 is 5.97 Å². The zero-order valence-electron chi connectivity index (χ0n) is 10.3. The van der Waals surface area contributed by atoms with E-state index in [1.807, 2.05) is 42.5 Å². The summed E-state index contributed by atoms with van der Waals surface area (Å²) in [6, 6.07) is 17.9. The van der Waals surface area contributed by atoms with Crippen molar-refractivity contribution in [1.29, 1.82) is 0 Å². The van der Waals surface area contributed by atoms with Gasteiger partial charge in [-0.2, -0.15) is 0 Å². The maximum atomic E-state index is 10.9. The summed E-state index contributed by atoms with van der Waals surface area (Å²) in [7, 11) is 0. The average Bonchev–Trinajstić information content (AvgIpc) is 2.39. The number of rotatable bonds is 4. The molecule has 0 radical (unpaired) electrons. The predicted octanol–water partition coefficient (Wildman–Crippen LogP) is 3.47. The molecule has 0 aliphatic carbocycles. The second kappa shape index (κ2) is 5.50. The van der Waals surface area contributed by atoms with Crippen LogP contribution in [0.5, 0.6) is 0 Å². The highest BCUT2D eigenvalue weighted by Gasteiger charge is 2.13. The highest BCUT2D eigenvalue weighted by molar-refractivity contribution is 5.71. The number of carbonyl (C=O) groups is 1. The molecule has 0 amide bonds. The Hall–Kier alpha value is -2.09. The Morgan fingerprint density at radius 2 is 1.67 bits per heavy atom. The van der Waals surface area contributed by atoms with Crippen LogP contribution in [0.15, 0.2) is 54.6 Å². The number of benzene rings is 2. The van der Waals surface area contributed by atoms with Crippen LogP contribution in [-0.4, -0.2) is 11.1 Å². The molecule has 0 fully saturated rings. The minimum absolute atomic E-state index is 0.0767. The molecule has 0 aliphatic rings. The third-order valence-electron chi connectivity index (χ3n) is 3.16. The SMILES string of the molecule is C[C@@H](c1ccccc1)c1ccccc1CC(=O)O. The first-order valence-corrected chi connectivity index (χ1v) is 6.03. The van der Waals surface area contributed by atoms with Crippen LogP contribution in [0.3, 0.4) is 0 Å². The van der Waals surface area contributed by atoms with Gasteiger partial charge in [0.1, 0.15) is 0 Å². The Morgan fingerprint density at radius 3 is 2.33 bits per heavy atom. The third-order valence-corrected chi connectivity index (χ3v) is 3.16. The van der Waals surface area contributed by atoms with Crippen LogP contribution in [0.4, 0.5) is 0 Å². The fourth-order valence-electron chi connectivity index (χ4n) is 2.20. The molecule has 0 heterocycles. The lowest BCUT2D eigenvalue weighted by Gasteiger charge is -2.16. The van der Waals surface area contributed by atoms with Gasteiger partial charge in [-0.15, -0.1) is 0 Å². The van der Waals surface area contributed by atoms with Crippen molar-refractivity contribution in [2.24, 2.45) is 0 Å². The zero-order valence-corrected chi connectivity index (χ0v) is 10.3. The van der Waals surface area contributed by atoms with Crippen LogP contribution < -0.4 is 0 Å². The lowest BCUT2D eigenvalue weighted by atomic mass is 9.89. The van der Waals surface area contributed by atoms with E-state index in [2.05, 4.69) is 19.1 Å². The molecule has 0 saturated heterocycles. The number of carboxylic acids is 1. The van der Waals surface area contributed by atoms with Crippen LogP contribution >= 0.6 is 0 Å². The summed E-state index contributed by atoms with van der Waals surface area (Å²) in [5.74, 6) is -0.579. The average molecular weight is 240 g/mol. The molecular formula is C16H16O2. The molecule has 0 spiro atoms. The molecule has 1 N–H and O–H groups in total. The molecule has 0 unspecified atom stereocenters. The van der Waals surface area contributed by atoms with E-state index in [9.17, 15) is 4.79 Å². The van der Waals surface area contributed by atoms with Crippen molar-refractivity contribution in [3.05, 3.63) is 71.3 Å². The van der Waals surface area contributed by atoms with Crippen LogP contribution in [0, 0.1) is 0 Å². The minimum Gasteiger partial charge on any atom is -0.481 e. The van der Waals surface area contributed by atoms with E-state index in [4.69, 9.17) is 5.11 Å². The summed E-state index contributed by atoms with van der Waals surface area (Å²) in [6.45, 7) is 2.11. The molecule has 0 saturated carbocycles. The molecule has 2 rings (SSSR count). The maximum Gasteiger partial charge on any atom is 0.307 e. The van der Waals surface area contributed by atoms with E-state index in [1.165, 1.54) is 5.56 Å². The molecule has 2 heteroatoms. The molecule has 92 valence electrons. The lowest BCUT2D eigenvalue weighted by Crippen LogP contribution is -2.06. The second-order valence-electron chi connectivity index (χ2n) is 4.40. The molecular weight excluding hydrogens is 224 g/mol. The van der Waals surface area contributed by atoms with Crippen molar-refractivity contribution in [2.75, 3.05) is 0 Å². The van der Waals surface area contributed by atoms with Gasteiger partial charge in [0.25, 0.3) is 0 Å². The van der Waals surface area contributed by atoms with Crippen molar-refractivity contribution in [2.45, 2.75) is 19.3 Å². The van der Waals surface area contributed by atoms with Gasteiger partial charge in [0.15, 0.2) is 0 Å². The van der Waals surface area contributed by atoms with Gasteiger partial charge in [0.2, 0.25) is 0 Å². The predicted molar refractivity (Wildman–Crippen MR) is 71.7 cm³/mol. The van der Waals surface area contributed by atoms with E-state index < -0.39 is 5.97 Å². The van der Waals surface area contributed by atoms with Gasteiger partial charge in [-0.3, -0.25) is 4.79 Å². The highest BCUT2D eigenvalue weighted by Crippen LogP contribution is 2.26. The van der Waals surface area contributed by atoms with Crippen molar-refractivity contribution >= 4 is 5.97 Å². The van der Waals surface area contributed by atoms with Crippen LogP contribution in [0.1, 0.15) is 29.5 Å². The Balaban J connectivity index is 2.36. The Morgan fingerprint density at radius 1 is 1.06 bits per heavy atom. The highest BCUT2D eigenvalue weighted by atomic mass is 16.4. The van der Waals surface area contributed by atoms with Gasteiger partial charge in [-0.25, -0.2) is 0 Å². The van der Waals surface area contributed by atoms with Crippen LogP contribution in [0.2, 0.25) is 0 Å². The number of hydrogen-bond acceptors (Lipinski definition) is 1. The summed E-state index contributed by atoms with van der Waals surface area (Å²) in [5, 5.41) is 8.94. The molecule has 0 aromatic heterocycles. The first kappa shape index (κ1) is 12.4. The Bertz CT molecular complexity index is 532. The summed E-state index contributed by atoms with van der Waals surface area (Å²) < 4.78 is 0. The van der Waals surface area contributed by atoms with E-state index in [-0.39, 0.29) is 12.3 Å². The first-order chi connectivity index (χ1) is 8.68. The fraction of sp³-hybridized carbons (Fsp3) is 0.188. The Kier molecular flexibility index (Phi) is 3.78. The summed E-state index contributed by atoms with van der Waals surface area (Å²) >= 11 is 0. The quantitative estimate of drug-likeness (QED) is 0.888. The van der Waals surface area contributed by atoms with E-state index in [0.29, 0.717) is 0 Å². The van der Waals surface area contributed by atoms with E-state index in [1.54, 1.807) is 0 Å².